The Labute approximate surface area is 235 Å². The molecular formula is C28H44N2O10. The average molecular weight is 569 g/mol. The van der Waals surface area contributed by atoms with Gasteiger partial charge < -0.3 is 29.6 Å². The van der Waals surface area contributed by atoms with Gasteiger partial charge >= 0.3 is 23.9 Å². The van der Waals surface area contributed by atoms with E-state index in [0.29, 0.717) is 25.7 Å². The number of nitrogens with one attached hydrogen (secondary N) is 2. The molecule has 2 amide bonds. The average Bonchev–Trinajstić information content (AvgIpc) is 3.28. The number of ether oxygens (including phenoxy) is 4. The number of esters is 4. The van der Waals surface area contributed by atoms with E-state index < -0.39 is 60.1 Å². The van der Waals surface area contributed by atoms with Crippen molar-refractivity contribution in [2.24, 2.45) is 0 Å². The van der Waals surface area contributed by atoms with Crippen LogP contribution in [0.3, 0.4) is 0 Å². The summed E-state index contributed by atoms with van der Waals surface area (Å²) in [5.74, 6) is -5.09. The fourth-order valence-corrected chi connectivity index (χ4v) is 5.30. The summed E-state index contributed by atoms with van der Waals surface area (Å²) in [5.41, 5.74) is 0. The molecule has 2 fully saturated rings. The van der Waals surface area contributed by atoms with Gasteiger partial charge in [0.2, 0.25) is 12.2 Å². The molecular weight excluding hydrogens is 524 g/mol. The number of rotatable bonds is 11. The van der Waals surface area contributed by atoms with Crippen LogP contribution in [-0.4, -0.2) is 72.2 Å². The Balaban J connectivity index is 2.47. The summed E-state index contributed by atoms with van der Waals surface area (Å²) >= 11 is 0. The first-order valence-electron chi connectivity index (χ1n) is 14.3. The highest BCUT2D eigenvalue weighted by Crippen LogP contribution is 2.23. The van der Waals surface area contributed by atoms with Gasteiger partial charge in [-0.1, -0.05) is 51.4 Å². The highest BCUT2D eigenvalue weighted by atomic mass is 16.6. The van der Waals surface area contributed by atoms with E-state index in [9.17, 15) is 28.8 Å². The SMILES string of the molecule is CC(=O)OC(C(=O)NC1CCCCCC1)C(OC(C)=O)C(OC(C)=O)C(OC(C)=O)C(=O)NC1CCCCCC1. The molecule has 2 N–H and O–H groups in total. The summed E-state index contributed by atoms with van der Waals surface area (Å²) in [6.45, 7) is 4.25. The van der Waals surface area contributed by atoms with Crippen LogP contribution in [0.4, 0.5) is 0 Å². The molecule has 40 heavy (non-hydrogen) atoms. The maximum absolute atomic E-state index is 13.5. The van der Waals surface area contributed by atoms with Crippen LogP contribution in [0, 0.1) is 0 Å². The van der Waals surface area contributed by atoms with E-state index in [4.69, 9.17) is 18.9 Å². The van der Waals surface area contributed by atoms with Gasteiger partial charge in [-0.3, -0.25) is 28.8 Å². The van der Waals surface area contributed by atoms with Crippen LogP contribution >= 0.6 is 0 Å². The van der Waals surface area contributed by atoms with Gasteiger partial charge in [-0.05, 0) is 25.7 Å². The Hall–Kier alpha value is -3.18. The molecule has 4 unspecified atom stereocenters. The zero-order valence-corrected chi connectivity index (χ0v) is 24.0. The fraction of sp³-hybridized carbons (Fsp3) is 0.786. The van der Waals surface area contributed by atoms with E-state index in [-0.39, 0.29) is 12.1 Å². The van der Waals surface area contributed by atoms with Crippen molar-refractivity contribution >= 4 is 35.7 Å². The lowest BCUT2D eigenvalue weighted by Gasteiger charge is -2.35. The quantitative estimate of drug-likeness (QED) is 0.215. The molecule has 0 bridgehead atoms. The Morgan fingerprint density at radius 3 is 1.00 bits per heavy atom. The van der Waals surface area contributed by atoms with Gasteiger partial charge in [-0.15, -0.1) is 0 Å². The molecule has 0 aromatic carbocycles. The second-order valence-corrected chi connectivity index (χ2v) is 10.6. The molecule has 12 heteroatoms. The molecule has 0 aliphatic heterocycles. The third-order valence-corrected chi connectivity index (χ3v) is 7.03. The molecule has 2 aliphatic rings. The van der Waals surface area contributed by atoms with Crippen molar-refractivity contribution in [3.05, 3.63) is 0 Å². The molecule has 4 atom stereocenters. The van der Waals surface area contributed by atoms with Crippen LogP contribution in [0.1, 0.15) is 105 Å². The number of amides is 2. The van der Waals surface area contributed by atoms with Gasteiger partial charge in [0.15, 0.2) is 12.2 Å². The second-order valence-electron chi connectivity index (χ2n) is 10.6. The zero-order valence-electron chi connectivity index (χ0n) is 24.0. The van der Waals surface area contributed by atoms with Gasteiger partial charge in [0.1, 0.15) is 0 Å². The first-order chi connectivity index (χ1) is 19.0. The van der Waals surface area contributed by atoms with E-state index in [0.717, 1.165) is 79.1 Å². The van der Waals surface area contributed by atoms with E-state index in [1.54, 1.807) is 0 Å². The predicted molar refractivity (Wildman–Crippen MR) is 141 cm³/mol. The maximum Gasteiger partial charge on any atom is 0.303 e. The molecule has 226 valence electrons. The standard InChI is InChI=1S/C28H44N2O10/c1-17(31)37-23(25(39-19(3)33)27(35)29-21-13-9-5-6-10-14-21)24(38-18(2)32)26(40-20(4)34)28(36)30-22-15-11-7-8-12-16-22/h21-26H,5-16H2,1-4H3,(H,29,35)(H,30,36). The van der Waals surface area contributed by atoms with Crippen molar-refractivity contribution in [3.63, 3.8) is 0 Å². The summed E-state index contributed by atoms with van der Waals surface area (Å²) < 4.78 is 21.5. The molecule has 0 aromatic heterocycles. The highest BCUT2D eigenvalue weighted by molar-refractivity contribution is 5.87. The molecule has 2 saturated carbocycles. The van der Waals surface area contributed by atoms with Gasteiger partial charge in [-0.2, -0.15) is 0 Å². The van der Waals surface area contributed by atoms with Crippen molar-refractivity contribution in [3.8, 4) is 0 Å². The maximum atomic E-state index is 13.5. The Kier molecular flexibility index (Phi) is 13.9. The van der Waals surface area contributed by atoms with Gasteiger partial charge in [-0.25, -0.2) is 0 Å². The van der Waals surface area contributed by atoms with Crippen LogP contribution in [-0.2, 0) is 47.7 Å². The van der Waals surface area contributed by atoms with Crippen LogP contribution in [0.2, 0.25) is 0 Å². The first-order valence-corrected chi connectivity index (χ1v) is 14.3. The lowest BCUT2D eigenvalue weighted by molar-refractivity contribution is -0.200. The summed E-state index contributed by atoms with van der Waals surface area (Å²) in [5, 5.41) is 5.70. The van der Waals surface area contributed by atoms with E-state index >= 15 is 0 Å². The third-order valence-electron chi connectivity index (χ3n) is 7.03. The molecule has 12 nitrogen and oxygen atoms in total. The van der Waals surface area contributed by atoms with Crippen molar-refractivity contribution in [1.29, 1.82) is 0 Å². The summed E-state index contributed by atoms with van der Waals surface area (Å²) in [6, 6.07) is -0.415. The predicted octanol–water partition coefficient (Wildman–Crippen LogP) is 2.39. The second kappa shape index (κ2) is 16.8. The van der Waals surface area contributed by atoms with E-state index in [1.165, 1.54) is 0 Å². The molecule has 2 aliphatic carbocycles. The van der Waals surface area contributed by atoms with Crippen molar-refractivity contribution in [2.75, 3.05) is 0 Å². The molecule has 0 heterocycles. The normalized spacial score (nSPS) is 19.8. The van der Waals surface area contributed by atoms with Crippen LogP contribution in [0.5, 0.6) is 0 Å². The Morgan fingerprint density at radius 2 is 0.750 bits per heavy atom. The lowest BCUT2D eigenvalue weighted by Crippen LogP contribution is -2.60. The third kappa shape index (κ3) is 11.5. The van der Waals surface area contributed by atoms with Crippen LogP contribution in [0.15, 0.2) is 0 Å². The van der Waals surface area contributed by atoms with E-state index in [2.05, 4.69) is 10.6 Å². The number of hydrogen-bond donors (Lipinski definition) is 2. The summed E-state index contributed by atoms with van der Waals surface area (Å²) in [7, 11) is 0. The molecule has 2 rings (SSSR count). The minimum absolute atomic E-state index is 0.207. The number of hydrogen-bond acceptors (Lipinski definition) is 10. The first kappa shape index (κ1) is 33.0. The van der Waals surface area contributed by atoms with Crippen molar-refractivity contribution in [1.82, 2.24) is 10.6 Å². The van der Waals surface area contributed by atoms with Gasteiger partial charge in [0, 0.05) is 39.8 Å². The van der Waals surface area contributed by atoms with Crippen LogP contribution < -0.4 is 10.6 Å². The minimum Gasteiger partial charge on any atom is -0.454 e. The molecule has 0 radical (unpaired) electrons. The summed E-state index contributed by atoms with van der Waals surface area (Å²) in [6.07, 6.45) is 3.43. The lowest BCUT2D eigenvalue weighted by atomic mass is 9.98. The molecule has 0 aromatic rings. The minimum atomic E-state index is -1.79. The fourth-order valence-electron chi connectivity index (χ4n) is 5.30. The van der Waals surface area contributed by atoms with Gasteiger partial charge in [0.05, 0.1) is 0 Å². The Morgan fingerprint density at radius 1 is 0.475 bits per heavy atom. The molecule has 0 spiro atoms. The summed E-state index contributed by atoms with van der Waals surface area (Å²) in [4.78, 5) is 75.7. The Bertz CT molecular complexity index is 820. The molecule has 0 saturated heterocycles. The highest BCUT2D eigenvalue weighted by Gasteiger charge is 2.49. The van der Waals surface area contributed by atoms with E-state index in [1.807, 2.05) is 0 Å². The van der Waals surface area contributed by atoms with Crippen molar-refractivity contribution < 1.29 is 47.7 Å². The number of carbonyl (C=O) groups excluding carboxylic acids is 6. The topological polar surface area (TPSA) is 163 Å². The monoisotopic (exact) mass is 568 g/mol. The number of carbonyl (C=O) groups is 6. The van der Waals surface area contributed by atoms with Crippen LogP contribution in [0.25, 0.3) is 0 Å². The zero-order chi connectivity index (χ0) is 29.7. The van der Waals surface area contributed by atoms with Gasteiger partial charge in [0.25, 0.3) is 11.8 Å². The van der Waals surface area contributed by atoms with Crippen molar-refractivity contribution in [2.45, 2.75) is 141 Å². The largest absolute Gasteiger partial charge is 0.454 e. The smallest absolute Gasteiger partial charge is 0.303 e.